The Morgan fingerprint density at radius 2 is 1.42 bits per heavy atom. The van der Waals surface area contributed by atoms with Crippen LogP contribution in [-0.4, -0.2) is 28.9 Å². The third kappa shape index (κ3) is 2.81. The minimum Gasteiger partial charge on any atom is -0.337 e. The average Bonchev–Trinajstić information content (AvgIpc) is 1.85. The summed E-state index contributed by atoms with van der Waals surface area (Å²) < 4.78 is 0. The van der Waals surface area contributed by atoms with Gasteiger partial charge in [-0.1, -0.05) is 0 Å². The molecule has 0 aromatic carbocycles. The Bertz CT molecular complexity index is 145. The highest BCUT2D eigenvalue weighted by Crippen LogP contribution is 2.06. The van der Waals surface area contributed by atoms with Crippen LogP contribution in [0.15, 0.2) is 0 Å². The molecule has 0 aromatic heterocycles. The highest BCUT2D eigenvalue weighted by Gasteiger charge is 2.22. The Labute approximate surface area is 74.9 Å². The van der Waals surface area contributed by atoms with Crippen LogP contribution in [0.2, 0.25) is 0 Å². The molecule has 0 saturated heterocycles. The van der Waals surface area contributed by atoms with Crippen molar-refractivity contribution in [2.75, 3.05) is 0 Å². The molecule has 72 valence electrons. The first-order chi connectivity index (χ1) is 5.37. The van der Waals surface area contributed by atoms with Crippen molar-refractivity contribution in [2.45, 2.75) is 52.7 Å². The predicted molar refractivity (Wildman–Crippen MR) is 50.8 cm³/mol. The maximum atomic E-state index is 11.5. The largest absolute Gasteiger partial charge is 0.337 e. The molecule has 1 amide bonds. The molecule has 0 heterocycles. The zero-order valence-electron chi connectivity index (χ0n) is 8.66. The topological polar surface area (TPSA) is 46.3 Å². The van der Waals surface area contributed by atoms with E-state index in [0.29, 0.717) is 0 Å². The van der Waals surface area contributed by atoms with Crippen LogP contribution < -0.4 is 5.73 Å². The second kappa shape index (κ2) is 4.45. The standard InChI is InChI=1S/C9H20N2O/c1-6(2)11(7(3)4)9(12)8(5)10/h6-8H,10H2,1-5H3/t8-/m0/s1. The average molecular weight is 172 g/mol. The van der Waals surface area contributed by atoms with E-state index in [9.17, 15) is 4.79 Å². The van der Waals surface area contributed by atoms with E-state index >= 15 is 0 Å². The molecule has 0 aliphatic rings. The molecule has 0 aromatic rings. The summed E-state index contributed by atoms with van der Waals surface area (Å²) in [5, 5.41) is 0. The number of nitrogens with two attached hydrogens (primary N) is 1. The molecule has 12 heavy (non-hydrogen) atoms. The van der Waals surface area contributed by atoms with Gasteiger partial charge in [-0.3, -0.25) is 4.79 Å². The van der Waals surface area contributed by atoms with Gasteiger partial charge in [0, 0.05) is 12.1 Å². The van der Waals surface area contributed by atoms with Crippen molar-refractivity contribution in [3.05, 3.63) is 0 Å². The number of amides is 1. The van der Waals surface area contributed by atoms with Gasteiger partial charge in [-0.15, -0.1) is 0 Å². The summed E-state index contributed by atoms with van der Waals surface area (Å²) in [6.45, 7) is 9.72. The molecule has 0 bridgehead atoms. The molecule has 0 radical (unpaired) electrons. The fourth-order valence-electron chi connectivity index (χ4n) is 1.34. The second-order valence-electron chi connectivity index (χ2n) is 3.72. The molecule has 1 atom stereocenters. The minimum absolute atomic E-state index is 0.0278. The van der Waals surface area contributed by atoms with Gasteiger partial charge in [0.15, 0.2) is 0 Å². The van der Waals surface area contributed by atoms with E-state index in [4.69, 9.17) is 5.73 Å². The number of carbonyl (C=O) groups excluding carboxylic acids is 1. The molecular formula is C9H20N2O. The fraction of sp³-hybridized carbons (Fsp3) is 0.889. The third-order valence-electron chi connectivity index (χ3n) is 1.76. The SMILES string of the molecule is CC(C)N(C(=O)[C@H](C)N)C(C)C. The van der Waals surface area contributed by atoms with Crippen LogP contribution in [0.4, 0.5) is 0 Å². The summed E-state index contributed by atoms with van der Waals surface area (Å²) in [5.41, 5.74) is 5.52. The summed E-state index contributed by atoms with van der Waals surface area (Å²) in [5.74, 6) is 0.0278. The van der Waals surface area contributed by atoms with Gasteiger partial charge >= 0.3 is 0 Å². The first-order valence-electron chi connectivity index (χ1n) is 4.45. The number of hydrogen-bond acceptors (Lipinski definition) is 2. The second-order valence-corrected chi connectivity index (χ2v) is 3.72. The highest BCUT2D eigenvalue weighted by atomic mass is 16.2. The monoisotopic (exact) mass is 172 g/mol. The predicted octanol–water partition coefficient (Wildman–Crippen LogP) is 0.979. The van der Waals surface area contributed by atoms with Gasteiger partial charge in [-0.25, -0.2) is 0 Å². The molecule has 0 saturated carbocycles. The molecule has 3 nitrogen and oxygen atoms in total. The molecule has 0 aliphatic carbocycles. The van der Waals surface area contributed by atoms with Crippen molar-refractivity contribution >= 4 is 5.91 Å². The Morgan fingerprint density at radius 1 is 1.08 bits per heavy atom. The number of nitrogens with zero attached hydrogens (tertiary/aromatic N) is 1. The Kier molecular flexibility index (Phi) is 4.24. The minimum atomic E-state index is -0.394. The van der Waals surface area contributed by atoms with Crippen LogP contribution >= 0.6 is 0 Å². The van der Waals surface area contributed by atoms with Crippen molar-refractivity contribution in [3.8, 4) is 0 Å². The van der Waals surface area contributed by atoms with Gasteiger partial charge in [0.25, 0.3) is 0 Å². The molecule has 3 heteroatoms. The maximum Gasteiger partial charge on any atom is 0.239 e. The van der Waals surface area contributed by atoms with E-state index in [1.54, 1.807) is 6.92 Å². The van der Waals surface area contributed by atoms with E-state index in [-0.39, 0.29) is 18.0 Å². The lowest BCUT2D eigenvalue weighted by molar-refractivity contribution is -0.135. The first kappa shape index (κ1) is 11.4. The zero-order valence-corrected chi connectivity index (χ0v) is 8.66. The van der Waals surface area contributed by atoms with Gasteiger partial charge in [0.05, 0.1) is 6.04 Å². The Morgan fingerprint density at radius 3 is 1.50 bits per heavy atom. The lowest BCUT2D eigenvalue weighted by Gasteiger charge is -2.32. The van der Waals surface area contributed by atoms with Gasteiger partial charge in [0.2, 0.25) is 5.91 Å². The number of carbonyl (C=O) groups is 1. The maximum absolute atomic E-state index is 11.5. The van der Waals surface area contributed by atoms with E-state index < -0.39 is 6.04 Å². The van der Waals surface area contributed by atoms with E-state index in [2.05, 4.69) is 0 Å². The van der Waals surface area contributed by atoms with E-state index in [1.807, 2.05) is 32.6 Å². The van der Waals surface area contributed by atoms with Crippen molar-refractivity contribution in [2.24, 2.45) is 5.73 Å². The summed E-state index contributed by atoms with van der Waals surface area (Å²) >= 11 is 0. The molecule has 0 fully saturated rings. The van der Waals surface area contributed by atoms with E-state index in [0.717, 1.165) is 0 Å². The third-order valence-corrected chi connectivity index (χ3v) is 1.76. The molecule has 0 aliphatic heterocycles. The lowest BCUT2D eigenvalue weighted by Crippen LogP contribution is -2.48. The molecule has 2 N–H and O–H groups in total. The Hall–Kier alpha value is -0.570. The highest BCUT2D eigenvalue weighted by molar-refractivity contribution is 5.81. The van der Waals surface area contributed by atoms with Gasteiger partial charge in [-0.05, 0) is 34.6 Å². The molecule has 0 rings (SSSR count). The van der Waals surface area contributed by atoms with Crippen molar-refractivity contribution < 1.29 is 4.79 Å². The van der Waals surface area contributed by atoms with Gasteiger partial charge < -0.3 is 10.6 Å². The van der Waals surface area contributed by atoms with Crippen LogP contribution in [0.3, 0.4) is 0 Å². The van der Waals surface area contributed by atoms with Crippen LogP contribution in [0.5, 0.6) is 0 Å². The zero-order chi connectivity index (χ0) is 9.89. The quantitative estimate of drug-likeness (QED) is 0.689. The van der Waals surface area contributed by atoms with Crippen molar-refractivity contribution in [1.29, 1.82) is 0 Å². The summed E-state index contributed by atoms with van der Waals surface area (Å²) in [7, 11) is 0. The van der Waals surface area contributed by atoms with Crippen LogP contribution in [0.25, 0.3) is 0 Å². The van der Waals surface area contributed by atoms with Gasteiger partial charge in [0.1, 0.15) is 0 Å². The molecule has 0 spiro atoms. The van der Waals surface area contributed by atoms with Crippen molar-refractivity contribution in [1.82, 2.24) is 4.90 Å². The number of hydrogen-bond donors (Lipinski definition) is 1. The summed E-state index contributed by atoms with van der Waals surface area (Å²) in [6, 6.07) is 0.0572. The first-order valence-corrected chi connectivity index (χ1v) is 4.45. The smallest absolute Gasteiger partial charge is 0.239 e. The van der Waals surface area contributed by atoms with Crippen LogP contribution in [0, 0.1) is 0 Å². The molecule has 0 unspecified atom stereocenters. The Balaban J connectivity index is 4.41. The molecular weight excluding hydrogens is 152 g/mol. The van der Waals surface area contributed by atoms with Gasteiger partial charge in [-0.2, -0.15) is 0 Å². The fourth-order valence-corrected chi connectivity index (χ4v) is 1.34. The number of rotatable bonds is 3. The van der Waals surface area contributed by atoms with Crippen LogP contribution in [-0.2, 0) is 4.79 Å². The summed E-state index contributed by atoms with van der Waals surface area (Å²) in [6.07, 6.45) is 0. The van der Waals surface area contributed by atoms with Crippen LogP contribution in [0.1, 0.15) is 34.6 Å². The van der Waals surface area contributed by atoms with E-state index in [1.165, 1.54) is 0 Å². The lowest BCUT2D eigenvalue weighted by atomic mass is 10.2. The normalized spacial score (nSPS) is 13.7. The summed E-state index contributed by atoms with van der Waals surface area (Å²) in [4.78, 5) is 13.3. The van der Waals surface area contributed by atoms with Crippen molar-refractivity contribution in [3.63, 3.8) is 0 Å².